The molecule has 7 nitrogen and oxygen atoms in total. The summed E-state index contributed by atoms with van der Waals surface area (Å²) in [6.45, 7) is 2.88. The normalized spacial score (nSPS) is 30.9. The number of methoxy groups -OCH3 is 1. The first-order chi connectivity index (χ1) is 10.3. The van der Waals surface area contributed by atoms with Crippen molar-refractivity contribution < 1.29 is 18.8 Å². The monoisotopic (exact) mass is 333 g/mol. The third kappa shape index (κ3) is 4.58. The lowest BCUT2D eigenvalue weighted by atomic mass is 9.96. The summed E-state index contributed by atoms with van der Waals surface area (Å²) in [5.41, 5.74) is 0. The quantitative estimate of drug-likeness (QED) is 0.712. The molecular formula is C14H27N3O4S. The summed E-state index contributed by atoms with van der Waals surface area (Å²) in [7, 11) is -0.569. The number of carbonyl (C=O) groups is 1. The van der Waals surface area contributed by atoms with E-state index < -0.39 is 15.8 Å². The van der Waals surface area contributed by atoms with Gasteiger partial charge < -0.3 is 14.7 Å². The maximum Gasteiger partial charge on any atom is 0.407 e. The number of carboxylic acid groups (broad SMARTS) is 1. The van der Waals surface area contributed by atoms with Crippen LogP contribution in [0.3, 0.4) is 0 Å². The summed E-state index contributed by atoms with van der Waals surface area (Å²) in [5.74, 6) is 3.65. The minimum atomic E-state index is -2.25. The van der Waals surface area contributed by atoms with Gasteiger partial charge in [0.05, 0.1) is 6.10 Å². The fraction of sp³-hybridized carbons (Fsp3) is 0.857. The van der Waals surface area contributed by atoms with Crippen LogP contribution in [0.2, 0.25) is 0 Å². The van der Waals surface area contributed by atoms with Crippen molar-refractivity contribution in [3.63, 3.8) is 0 Å². The van der Waals surface area contributed by atoms with Crippen LogP contribution < -0.4 is 4.72 Å². The van der Waals surface area contributed by atoms with Gasteiger partial charge in [0, 0.05) is 61.3 Å². The van der Waals surface area contributed by atoms with Gasteiger partial charge in [-0.2, -0.15) is 0 Å². The first-order valence-corrected chi connectivity index (χ1v) is 9.78. The van der Waals surface area contributed by atoms with Crippen LogP contribution in [-0.2, 0) is 14.4 Å². The molecule has 2 saturated heterocycles. The van der Waals surface area contributed by atoms with E-state index in [0.717, 1.165) is 32.4 Å². The molecule has 2 aliphatic rings. The van der Waals surface area contributed by atoms with Crippen LogP contribution in [0.4, 0.5) is 4.79 Å². The average Bonchev–Trinajstić information content (AvgIpc) is 2.46. The predicted molar refractivity (Wildman–Crippen MR) is 87.7 cm³/mol. The lowest BCUT2D eigenvalue weighted by Crippen LogP contribution is -2.58. The van der Waals surface area contributed by atoms with E-state index in [4.69, 9.17) is 9.84 Å². The number of hydrogen-bond donors (Lipinski definition) is 2. The van der Waals surface area contributed by atoms with E-state index in [1.165, 1.54) is 4.90 Å². The molecular weight excluding hydrogens is 306 g/mol. The molecule has 3 atom stereocenters. The fourth-order valence-electron chi connectivity index (χ4n) is 3.39. The van der Waals surface area contributed by atoms with Crippen LogP contribution in [-0.4, -0.2) is 88.8 Å². The minimum Gasteiger partial charge on any atom is -0.465 e. The van der Waals surface area contributed by atoms with E-state index in [9.17, 15) is 9.00 Å². The van der Waals surface area contributed by atoms with Crippen molar-refractivity contribution in [2.24, 2.45) is 0 Å². The Hall–Kier alpha value is -0.830. The molecule has 2 fully saturated rings. The number of amides is 1. The van der Waals surface area contributed by atoms with E-state index >= 15 is 0 Å². The number of ether oxygens (including phenoxy) is 1. The van der Waals surface area contributed by atoms with E-state index in [1.807, 2.05) is 0 Å². The van der Waals surface area contributed by atoms with Gasteiger partial charge in [0.25, 0.3) is 0 Å². The fourth-order valence-corrected chi connectivity index (χ4v) is 4.30. The Kier molecular flexibility index (Phi) is 5.70. The number of hydrogen-bond acceptors (Lipinski definition) is 4. The van der Waals surface area contributed by atoms with E-state index in [-0.39, 0.29) is 12.1 Å². The standard InChI is InChI=1S/C14H27N3O4S/c1-21-13-10-17(9-6-12(13)15-22(2,3)20)11-4-7-16(8-5-11)14(18)19/h11-13H,2,4-10H2,1,3H3,(H,15,20)(H,18,19)/t12-,13-,22?/m1/s1. The number of nitrogens with one attached hydrogen (secondary N) is 1. The van der Waals surface area contributed by atoms with Crippen molar-refractivity contribution in [2.75, 3.05) is 39.5 Å². The van der Waals surface area contributed by atoms with Gasteiger partial charge in [0.15, 0.2) is 0 Å². The maximum absolute atomic E-state index is 11.8. The summed E-state index contributed by atoms with van der Waals surface area (Å²) in [6.07, 6.45) is 3.34. The van der Waals surface area contributed by atoms with Crippen molar-refractivity contribution in [3.8, 4) is 0 Å². The Labute approximate surface area is 132 Å². The summed E-state index contributed by atoms with van der Waals surface area (Å²) < 4.78 is 20.5. The Morgan fingerprint density at radius 2 is 1.95 bits per heavy atom. The molecule has 1 amide bonds. The Morgan fingerprint density at radius 1 is 1.32 bits per heavy atom. The van der Waals surface area contributed by atoms with Gasteiger partial charge in [0.1, 0.15) is 0 Å². The highest BCUT2D eigenvalue weighted by Crippen LogP contribution is 2.22. The number of nitrogens with zero attached hydrogens (tertiary/aromatic N) is 2. The van der Waals surface area contributed by atoms with Crippen molar-refractivity contribution in [1.82, 2.24) is 14.5 Å². The Balaban J connectivity index is 1.90. The highest BCUT2D eigenvalue weighted by atomic mass is 32.2. The van der Waals surface area contributed by atoms with Crippen LogP contribution in [0.25, 0.3) is 0 Å². The van der Waals surface area contributed by atoms with Crippen molar-refractivity contribution in [1.29, 1.82) is 0 Å². The van der Waals surface area contributed by atoms with Gasteiger partial charge in [-0.25, -0.2) is 9.52 Å². The molecule has 2 N–H and O–H groups in total. The summed E-state index contributed by atoms with van der Waals surface area (Å²) >= 11 is 0. The molecule has 0 radical (unpaired) electrons. The molecule has 8 heteroatoms. The Bertz CT molecular complexity index is 488. The van der Waals surface area contributed by atoms with Gasteiger partial charge in [-0.15, -0.1) is 0 Å². The van der Waals surface area contributed by atoms with Gasteiger partial charge >= 0.3 is 6.09 Å². The molecule has 0 aliphatic carbocycles. The molecule has 0 saturated carbocycles. The number of likely N-dealkylation sites (tertiary alicyclic amines) is 2. The summed E-state index contributed by atoms with van der Waals surface area (Å²) in [4.78, 5) is 14.8. The third-order valence-electron chi connectivity index (χ3n) is 4.55. The summed E-state index contributed by atoms with van der Waals surface area (Å²) in [6, 6.07) is 0.454. The zero-order chi connectivity index (χ0) is 16.3. The minimum absolute atomic E-state index is 0.0196. The van der Waals surface area contributed by atoms with Gasteiger partial charge in [-0.3, -0.25) is 9.11 Å². The lowest BCUT2D eigenvalue weighted by molar-refractivity contribution is -0.0128. The second-order valence-corrected chi connectivity index (χ2v) is 8.53. The molecule has 22 heavy (non-hydrogen) atoms. The Morgan fingerprint density at radius 3 is 2.45 bits per heavy atom. The molecule has 2 heterocycles. The van der Waals surface area contributed by atoms with Crippen LogP contribution in [0.15, 0.2) is 0 Å². The topological polar surface area (TPSA) is 82.1 Å². The summed E-state index contributed by atoms with van der Waals surface area (Å²) in [5, 5.41) is 9.01. The number of rotatable bonds is 4. The van der Waals surface area contributed by atoms with Crippen molar-refractivity contribution in [3.05, 3.63) is 0 Å². The predicted octanol–water partition coefficient (Wildman–Crippen LogP) is 0.0689. The van der Waals surface area contributed by atoms with Crippen LogP contribution in [0.5, 0.6) is 0 Å². The van der Waals surface area contributed by atoms with Crippen LogP contribution in [0.1, 0.15) is 19.3 Å². The molecule has 0 aromatic rings. The molecule has 2 rings (SSSR count). The SMILES string of the molecule is C=S(C)(=O)N[C@@H]1CCN(C2CCN(C(=O)O)CC2)C[C@H]1OC. The highest BCUT2D eigenvalue weighted by Gasteiger charge is 2.35. The van der Waals surface area contributed by atoms with Gasteiger partial charge in [-0.1, -0.05) is 0 Å². The second kappa shape index (κ2) is 7.16. The van der Waals surface area contributed by atoms with Crippen molar-refractivity contribution in [2.45, 2.75) is 37.5 Å². The largest absolute Gasteiger partial charge is 0.465 e. The molecule has 2 aliphatic heterocycles. The first kappa shape index (κ1) is 17.5. The molecule has 0 aromatic carbocycles. The zero-order valence-corrected chi connectivity index (χ0v) is 14.2. The van der Waals surface area contributed by atoms with Gasteiger partial charge in [0.2, 0.25) is 0 Å². The third-order valence-corrected chi connectivity index (χ3v) is 5.35. The molecule has 0 aromatic heterocycles. The number of piperidine rings is 2. The molecule has 0 spiro atoms. The van der Waals surface area contributed by atoms with E-state index in [0.29, 0.717) is 19.1 Å². The zero-order valence-electron chi connectivity index (χ0n) is 13.4. The smallest absolute Gasteiger partial charge is 0.407 e. The van der Waals surface area contributed by atoms with Crippen LogP contribution in [0, 0.1) is 0 Å². The van der Waals surface area contributed by atoms with Crippen LogP contribution >= 0.6 is 0 Å². The highest BCUT2D eigenvalue weighted by molar-refractivity contribution is 7.97. The lowest BCUT2D eigenvalue weighted by Gasteiger charge is -2.44. The molecule has 1 unspecified atom stereocenters. The van der Waals surface area contributed by atoms with Gasteiger partial charge in [-0.05, 0) is 25.1 Å². The second-order valence-electron chi connectivity index (χ2n) is 6.29. The first-order valence-electron chi connectivity index (χ1n) is 7.64. The molecule has 0 bridgehead atoms. The maximum atomic E-state index is 11.8. The van der Waals surface area contributed by atoms with Crippen molar-refractivity contribution >= 4 is 21.7 Å². The van der Waals surface area contributed by atoms with E-state index in [1.54, 1.807) is 13.4 Å². The van der Waals surface area contributed by atoms with E-state index in [2.05, 4.69) is 15.5 Å². The average molecular weight is 333 g/mol. The molecule has 128 valence electrons.